The molecule has 0 saturated carbocycles. The highest BCUT2D eigenvalue weighted by atomic mass is 32.1. The number of methoxy groups -OCH3 is 2. The SMILES string of the molecule is COc1cc(Nc2nc(-c3cc(-c4ccccc4)no3)cs2)cc(O)c1OC. The summed E-state index contributed by atoms with van der Waals surface area (Å²) in [4.78, 5) is 4.53. The summed E-state index contributed by atoms with van der Waals surface area (Å²) in [6.07, 6.45) is 0. The summed E-state index contributed by atoms with van der Waals surface area (Å²) in [6.45, 7) is 0. The van der Waals surface area contributed by atoms with Gasteiger partial charge in [-0.3, -0.25) is 0 Å². The summed E-state index contributed by atoms with van der Waals surface area (Å²) in [5.74, 6) is 1.26. The molecule has 0 aliphatic heterocycles. The topological polar surface area (TPSA) is 89.6 Å². The van der Waals surface area contributed by atoms with Gasteiger partial charge >= 0.3 is 0 Å². The van der Waals surface area contributed by atoms with Crippen LogP contribution in [0.3, 0.4) is 0 Å². The van der Waals surface area contributed by atoms with Crippen molar-refractivity contribution in [2.24, 2.45) is 0 Å². The van der Waals surface area contributed by atoms with Crippen LogP contribution in [-0.2, 0) is 0 Å². The first-order chi connectivity index (χ1) is 13.7. The van der Waals surface area contributed by atoms with Crippen LogP contribution < -0.4 is 14.8 Å². The molecule has 4 rings (SSSR count). The number of hydrogen-bond donors (Lipinski definition) is 2. The van der Waals surface area contributed by atoms with Crippen LogP contribution >= 0.6 is 11.3 Å². The van der Waals surface area contributed by atoms with E-state index in [1.54, 1.807) is 12.1 Å². The number of aromatic hydroxyl groups is 1. The first kappa shape index (κ1) is 17.9. The first-order valence-electron chi connectivity index (χ1n) is 8.38. The number of nitrogens with one attached hydrogen (secondary N) is 1. The second-order valence-corrected chi connectivity index (χ2v) is 6.69. The van der Waals surface area contributed by atoms with Gasteiger partial charge in [-0.25, -0.2) is 4.98 Å². The third-order valence-corrected chi connectivity index (χ3v) is 4.80. The van der Waals surface area contributed by atoms with Crippen LogP contribution in [-0.4, -0.2) is 29.5 Å². The maximum Gasteiger partial charge on any atom is 0.203 e. The molecule has 0 atom stereocenters. The molecule has 7 nitrogen and oxygen atoms in total. The van der Waals surface area contributed by atoms with Gasteiger partial charge in [0.25, 0.3) is 0 Å². The monoisotopic (exact) mass is 395 g/mol. The van der Waals surface area contributed by atoms with Crippen LogP contribution in [0.5, 0.6) is 17.2 Å². The van der Waals surface area contributed by atoms with Gasteiger partial charge in [0.2, 0.25) is 5.75 Å². The minimum absolute atomic E-state index is 0.0242. The summed E-state index contributed by atoms with van der Waals surface area (Å²) in [5, 5.41) is 19.9. The summed E-state index contributed by atoms with van der Waals surface area (Å²) in [7, 11) is 2.98. The lowest BCUT2D eigenvalue weighted by atomic mass is 10.1. The Kier molecular flexibility index (Phi) is 4.86. The molecule has 4 aromatic rings. The van der Waals surface area contributed by atoms with E-state index in [2.05, 4.69) is 15.5 Å². The Bertz CT molecular complexity index is 1090. The molecule has 28 heavy (non-hydrogen) atoms. The number of thiazole rings is 1. The zero-order chi connectivity index (χ0) is 19.5. The van der Waals surface area contributed by atoms with Crippen molar-refractivity contribution in [1.29, 1.82) is 0 Å². The van der Waals surface area contributed by atoms with Gasteiger partial charge < -0.3 is 24.4 Å². The Labute approximate surface area is 165 Å². The molecule has 2 aromatic heterocycles. The highest BCUT2D eigenvalue weighted by Gasteiger charge is 2.15. The Hall–Kier alpha value is -3.52. The first-order valence-corrected chi connectivity index (χ1v) is 9.26. The van der Waals surface area contributed by atoms with Crippen molar-refractivity contribution in [3.63, 3.8) is 0 Å². The van der Waals surface area contributed by atoms with Crippen molar-refractivity contribution < 1.29 is 19.1 Å². The number of phenols is 1. The van der Waals surface area contributed by atoms with E-state index in [1.807, 2.05) is 41.8 Å². The van der Waals surface area contributed by atoms with Crippen molar-refractivity contribution in [1.82, 2.24) is 10.1 Å². The predicted octanol–water partition coefficient (Wildman–Crippen LogP) is 4.93. The number of anilines is 2. The number of phenolic OH excluding ortho intramolecular Hbond substituents is 1. The molecule has 2 aromatic carbocycles. The fourth-order valence-corrected chi connectivity index (χ4v) is 3.45. The van der Waals surface area contributed by atoms with Crippen molar-refractivity contribution in [3.8, 4) is 40.0 Å². The van der Waals surface area contributed by atoms with Crippen LogP contribution in [0.25, 0.3) is 22.7 Å². The normalized spacial score (nSPS) is 10.6. The van der Waals surface area contributed by atoms with E-state index in [4.69, 9.17) is 14.0 Å². The molecule has 2 N–H and O–H groups in total. The number of nitrogens with zero attached hydrogens (tertiary/aromatic N) is 2. The zero-order valence-electron chi connectivity index (χ0n) is 15.2. The predicted molar refractivity (Wildman–Crippen MR) is 108 cm³/mol. The fourth-order valence-electron chi connectivity index (χ4n) is 2.73. The summed E-state index contributed by atoms with van der Waals surface area (Å²) >= 11 is 1.41. The highest BCUT2D eigenvalue weighted by Crippen LogP contribution is 2.40. The largest absolute Gasteiger partial charge is 0.504 e. The number of benzene rings is 2. The van der Waals surface area contributed by atoms with Gasteiger partial charge in [0.15, 0.2) is 22.4 Å². The summed E-state index contributed by atoms with van der Waals surface area (Å²) in [6, 6.07) is 14.9. The standard InChI is InChI=1S/C20H17N3O4S/c1-25-18-9-13(8-16(24)19(18)26-2)21-20-22-15(11-28-20)17-10-14(23-27-17)12-6-4-3-5-7-12/h3-11,24H,1-2H3,(H,21,22). The van der Waals surface area contributed by atoms with Crippen molar-refractivity contribution in [2.45, 2.75) is 0 Å². The van der Waals surface area contributed by atoms with E-state index >= 15 is 0 Å². The van der Waals surface area contributed by atoms with Crippen LogP contribution in [0.1, 0.15) is 0 Å². The Morgan fingerprint density at radius 2 is 1.86 bits per heavy atom. The lowest BCUT2D eigenvalue weighted by Crippen LogP contribution is -1.95. The molecule has 8 heteroatoms. The van der Waals surface area contributed by atoms with Crippen LogP contribution in [0.2, 0.25) is 0 Å². The lowest BCUT2D eigenvalue weighted by Gasteiger charge is -2.11. The van der Waals surface area contributed by atoms with Crippen molar-refractivity contribution in [2.75, 3.05) is 19.5 Å². The highest BCUT2D eigenvalue weighted by molar-refractivity contribution is 7.14. The third-order valence-electron chi connectivity index (χ3n) is 4.05. The molecule has 0 radical (unpaired) electrons. The number of ether oxygens (including phenoxy) is 2. The van der Waals surface area contributed by atoms with Gasteiger partial charge in [-0.15, -0.1) is 11.3 Å². The molecule has 0 fully saturated rings. The maximum atomic E-state index is 10.1. The molecule has 0 amide bonds. The molecule has 2 heterocycles. The lowest BCUT2D eigenvalue weighted by molar-refractivity contribution is 0.333. The number of rotatable bonds is 6. The molecule has 0 aliphatic carbocycles. The van der Waals surface area contributed by atoms with E-state index in [-0.39, 0.29) is 11.5 Å². The molecule has 0 saturated heterocycles. The van der Waals surface area contributed by atoms with Crippen LogP contribution in [0.15, 0.2) is 58.4 Å². The average Bonchev–Trinajstić information content (AvgIpc) is 3.38. The fraction of sp³-hybridized carbons (Fsp3) is 0.100. The smallest absolute Gasteiger partial charge is 0.203 e. The van der Waals surface area contributed by atoms with E-state index in [9.17, 15) is 5.11 Å². The van der Waals surface area contributed by atoms with Crippen LogP contribution in [0.4, 0.5) is 10.8 Å². The van der Waals surface area contributed by atoms with Gasteiger partial charge in [0.05, 0.1) is 14.2 Å². The van der Waals surface area contributed by atoms with E-state index in [1.165, 1.54) is 25.6 Å². The Balaban J connectivity index is 1.56. The van der Waals surface area contributed by atoms with Crippen LogP contribution in [0, 0.1) is 0 Å². The Morgan fingerprint density at radius 1 is 1.04 bits per heavy atom. The molecular formula is C20H17N3O4S. The quantitative estimate of drug-likeness (QED) is 0.478. The van der Waals surface area contributed by atoms with Gasteiger partial charge in [-0.1, -0.05) is 35.5 Å². The van der Waals surface area contributed by atoms with Crippen molar-refractivity contribution in [3.05, 3.63) is 53.9 Å². The van der Waals surface area contributed by atoms with Crippen molar-refractivity contribution >= 4 is 22.2 Å². The molecule has 0 bridgehead atoms. The molecule has 0 aliphatic rings. The average molecular weight is 395 g/mol. The molecule has 0 unspecified atom stereocenters. The molecule has 0 spiro atoms. The van der Waals surface area contributed by atoms with E-state index in [0.29, 0.717) is 28.0 Å². The zero-order valence-corrected chi connectivity index (χ0v) is 16.0. The maximum absolute atomic E-state index is 10.1. The summed E-state index contributed by atoms with van der Waals surface area (Å²) < 4.78 is 15.8. The number of hydrogen-bond acceptors (Lipinski definition) is 8. The van der Waals surface area contributed by atoms with E-state index in [0.717, 1.165) is 11.3 Å². The number of aromatic nitrogens is 2. The summed E-state index contributed by atoms with van der Waals surface area (Å²) in [5.41, 5.74) is 3.03. The van der Waals surface area contributed by atoms with Gasteiger partial charge in [-0.2, -0.15) is 0 Å². The van der Waals surface area contributed by atoms with E-state index < -0.39 is 0 Å². The third kappa shape index (κ3) is 3.49. The van der Waals surface area contributed by atoms with Gasteiger partial charge in [0, 0.05) is 34.8 Å². The molecule has 142 valence electrons. The minimum atomic E-state index is -0.0242. The Morgan fingerprint density at radius 3 is 2.61 bits per heavy atom. The van der Waals surface area contributed by atoms with Gasteiger partial charge in [-0.05, 0) is 0 Å². The minimum Gasteiger partial charge on any atom is -0.504 e. The molecular weight excluding hydrogens is 378 g/mol. The second kappa shape index (κ2) is 7.61. The van der Waals surface area contributed by atoms with Gasteiger partial charge in [0.1, 0.15) is 11.4 Å². The second-order valence-electron chi connectivity index (χ2n) is 5.84.